The largest absolute Gasteiger partial charge is 0.383 e. The van der Waals surface area contributed by atoms with Gasteiger partial charge in [0.2, 0.25) is 5.91 Å². The number of benzene rings is 1. The lowest BCUT2D eigenvalue weighted by molar-refractivity contribution is -0.120. The van der Waals surface area contributed by atoms with Gasteiger partial charge in [0.1, 0.15) is 5.54 Å². The Morgan fingerprint density at radius 2 is 2.10 bits per heavy atom. The maximum absolute atomic E-state index is 12.3. The molecule has 21 heavy (non-hydrogen) atoms. The Labute approximate surface area is 123 Å². The molecule has 0 saturated carbocycles. The van der Waals surface area contributed by atoms with Gasteiger partial charge in [-0.15, -0.1) is 0 Å². The van der Waals surface area contributed by atoms with Crippen molar-refractivity contribution >= 4 is 11.7 Å². The van der Waals surface area contributed by atoms with Gasteiger partial charge < -0.3 is 15.8 Å². The van der Waals surface area contributed by atoms with Crippen molar-refractivity contribution in [3.63, 3.8) is 0 Å². The molecule has 1 aromatic heterocycles. The van der Waals surface area contributed by atoms with Gasteiger partial charge in [0, 0.05) is 19.4 Å². The Morgan fingerprint density at radius 3 is 2.76 bits per heavy atom. The number of rotatable bonds is 6. The Balaban J connectivity index is 2.05. The number of carbonyl (C=O) groups excluding carboxylic acids is 1. The van der Waals surface area contributed by atoms with Crippen LogP contribution >= 0.6 is 0 Å². The molecule has 3 N–H and O–H groups in total. The summed E-state index contributed by atoms with van der Waals surface area (Å²) in [7, 11) is 1.63. The maximum atomic E-state index is 12.3. The summed E-state index contributed by atoms with van der Waals surface area (Å²) in [5, 5.41) is 6.98. The van der Waals surface area contributed by atoms with E-state index in [9.17, 15) is 4.79 Å². The van der Waals surface area contributed by atoms with Crippen LogP contribution in [0.1, 0.15) is 12.5 Å². The van der Waals surface area contributed by atoms with Crippen LogP contribution < -0.4 is 11.1 Å². The zero-order valence-corrected chi connectivity index (χ0v) is 12.2. The average molecular weight is 288 g/mol. The number of hydrogen-bond donors (Lipinski definition) is 2. The standard InChI is InChI=1S/C15H20N4O2/c1-15(16,12-6-4-3-5-7-12)14(20)17-13-8-9-19(18-13)10-11-21-2/h3-9H,10-11,16H2,1-2H3,(H,17,18,20). The summed E-state index contributed by atoms with van der Waals surface area (Å²) in [4.78, 5) is 12.3. The van der Waals surface area contributed by atoms with Crippen molar-refractivity contribution in [1.29, 1.82) is 0 Å². The summed E-state index contributed by atoms with van der Waals surface area (Å²) in [6, 6.07) is 11.0. The summed E-state index contributed by atoms with van der Waals surface area (Å²) in [5.74, 6) is 0.175. The van der Waals surface area contributed by atoms with Gasteiger partial charge in [-0.1, -0.05) is 30.3 Å². The van der Waals surface area contributed by atoms with Crippen LogP contribution in [0.4, 0.5) is 5.82 Å². The van der Waals surface area contributed by atoms with E-state index in [1.54, 1.807) is 31.0 Å². The number of methoxy groups -OCH3 is 1. The number of nitrogens with two attached hydrogens (primary N) is 1. The third kappa shape index (κ3) is 3.68. The molecular weight excluding hydrogens is 268 g/mol. The molecule has 0 bridgehead atoms. The lowest BCUT2D eigenvalue weighted by Crippen LogP contribution is -2.45. The molecule has 0 aliphatic heterocycles. The van der Waals surface area contributed by atoms with Crippen LogP contribution in [-0.4, -0.2) is 29.4 Å². The van der Waals surface area contributed by atoms with Crippen molar-refractivity contribution in [1.82, 2.24) is 9.78 Å². The fourth-order valence-electron chi connectivity index (χ4n) is 1.90. The van der Waals surface area contributed by atoms with E-state index >= 15 is 0 Å². The van der Waals surface area contributed by atoms with Crippen molar-refractivity contribution in [3.8, 4) is 0 Å². The first-order valence-electron chi connectivity index (χ1n) is 6.72. The predicted molar refractivity (Wildman–Crippen MR) is 80.7 cm³/mol. The second-order valence-corrected chi connectivity index (χ2v) is 4.98. The van der Waals surface area contributed by atoms with Gasteiger partial charge in [-0.2, -0.15) is 5.10 Å². The molecule has 0 aliphatic rings. The summed E-state index contributed by atoms with van der Waals surface area (Å²) >= 11 is 0. The van der Waals surface area contributed by atoms with E-state index < -0.39 is 5.54 Å². The van der Waals surface area contributed by atoms with Crippen molar-refractivity contribution < 1.29 is 9.53 Å². The second-order valence-electron chi connectivity index (χ2n) is 4.98. The molecule has 6 nitrogen and oxygen atoms in total. The van der Waals surface area contributed by atoms with Crippen LogP contribution in [0.15, 0.2) is 42.6 Å². The molecule has 1 amide bonds. The molecule has 2 aromatic rings. The van der Waals surface area contributed by atoms with Gasteiger partial charge in [-0.25, -0.2) is 0 Å². The Bertz CT molecular complexity index is 593. The van der Waals surface area contributed by atoms with Crippen molar-refractivity contribution in [2.45, 2.75) is 19.0 Å². The number of amides is 1. The highest BCUT2D eigenvalue weighted by atomic mass is 16.5. The number of ether oxygens (including phenoxy) is 1. The first kappa shape index (κ1) is 15.2. The Morgan fingerprint density at radius 1 is 1.38 bits per heavy atom. The van der Waals surface area contributed by atoms with Gasteiger partial charge in [0.15, 0.2) is 5.82 Å². The minimum Gasteiger partial charge on any atom is -0.383 e. The van der Waals surface area contributed by atoms with E-state index in [1.165, 1.54) is 0 Å². The van der Waals surface area contributed by atoms with E-state index in [-0.39, 0.29) is 5.91 Å². The highest BCUT2D eigenvalue weighted by molar-refractivity contribution is 5.97. The minimum absolute atomic E-state index is 0.300. The molecular formula is C15H20N4O2. The molecule has 0 aliphatic carbocycles. The Hall–Kier alpha value is -2.18. The van der Waals surface area contributed by atoms with E-state index in [2.05, 4.69) is 10.4 Å². The van der Waals surface area contributed by atoms with Gasteiger partial charge in [-0.05, 0) is 12.5 Å². The van der Waals surface area contributed by atoms with Crippen molar-refractivity contribution in [3.05, 3.63) is 48.2 Å². The molecule has 112 valence electrons. The third-order valence-corrected chi connectivity index (χ3v) is 3.25. The normalized spacial score (nSPS) is 13.7. The number of hydrogen-bond acceptors (Lipinski definition) is 4. The zero-order chi connectivity index (χ0) is 15.3. The van der Waals surface area contributed by atoms with Gasteiger partial charge >= 0.3 is 0 Å². The summed E-state index contributed by atoms with van der Waals surface area (Å²) < 4.78 is 6.68. The summed E-state index contributed by atoms with van der Waals surface area (Å²) in [6.45, 7) is 2.87. The van der Waals surface area contributed by atoms with E-state index in [0.29, 0.717) is 19.0 Å². The van der Waals surface area contributed by atoms with Crippen LogP contribution in [-0.2, 0) is 21.6 Å². The van der Waals surface area contributed by atoms with Crippen LogP contribution in [0.2, 0.25) is 0 Å². The first-order chi connectivity index (χ1) is 10.0. The van der Waals surface area contributed by atoms with Crippen molar-refractivity contribution in [2.24, 2.45) is 5.73 Å². The molecule has 2 rings (SSSR count). The fraction of sp³-hybridized carbons (Fsp3) is 0.333. The number of anilines is 1. The zero-order valence-electron chi connectivity index (χ0n) is 12.2. The summed E-state index contributed by atoms with van der Waals surface area (Å²) in [5.41, 5.74) is 5.79. The molecule has 1 heterocycles. The Kier molecular flexibility index (Phi) is 4.72. The highest BCUT2D eigenvalue weighted by Crippen LogP contribution is 2.19. The average Bonchev–Trinajstić information content (AvgIpc) is 2.93. The molecule has 0 fully saturated rings. The maximum Gasteiger partial charge on any atom is 0.249 e. The van der Waals surface area contributed by atoms with Gasteiger partial charge in [0.05, 0.1) is 13.2 Å². The van der Waals surface area contributed by atoms with Gasteiger partial charge in [-0.3, -0.25) is 9.48 Å². The topological polar surface area (TPSA) is 82.2 Å². The van der Waals surface area contributed by atoms with E-state index in [0.717, 1.165) is 5.56 Å². The van der Waals surface area contributed by atoms with Crippen molar-refractivity contribution in [2.75, 3.05) is 19.0 Å². The molecule has 6 heteroatoms. The number of nitrogens with zero attached hydrogens (tertiary/aromatic N) is 2. The van der Waals surface area contributed by atoms with Crippen LogP contribution in [0, 0.1) is 0 Å². The quantitative estimate of drug-likeness (QED) is 0.840. The molecule has 0 spiro atoms. The molecule has 0 radical (unpaired) electrons. The molecule has 1 atom stereocenters. The minimum atomic E-state index is -1.11. The van der Waals surface area contributed by atoms with E-state index in [4.69, 9.17) is 10.5 Å². The number of nitrogens with one attached hydrogen (secondary N) is 1. The summed E-state index contributed by atoms with van der Waals surface area (Å²) in [6.07, 6.45) is 1.78. The second kappa shape index (κ2) is 6.51. The first-order valence-corrected chi connectivity index (χ1v) is 6.72. The molecule has 1 aromatic carbocycles. The number of carbonyl (C=O) groups is 1. The molecule has 0 saturated heterocycles. The van der Waals surface area contributed by atoms with Gasteiger partial charge in [0.25, 0.3) is 0 Å². The lowest BCUT2D eigenvalue weighted by Gasteiger charge is -2.23. The fourth-order valence-corrected chi connectivity index (χ4v) is 1.90. The van der Waals surface area contributed by atoms with Crippen LogP contribution in [0.5, 0.6) is 0 Å². The van der Waals surface area contributed by atoms with Crippen LogP contribution in [0.3, 0.4) is 0 Å². The lowest BCUT2D eigenvalue weighted by atomic mass is 9.92. The smallest absolute Gasteiger partial charge is 0.249 e. The predicted octanol–water partition coefficient (Wildman–Crippen LogP) is 1.34. The highest BCUT2D eigenvalue weighted by Gasteiger charge is 2.30. The monoisotopic (exact) mass is 288 g/mol. The van der Waals surface area contributed by atoms with E-state index in [1.807, 2.05) is 30.3 Å². The third-order valence-electron chi connectivity index (χ3n) is 3.25. The van der Waals surface area contributed by atoms with Crippen LogP contribution in [0.25, 0.3) is 0 Å². The molecule has 1 unspecified atom stereocenters. The SMILES string of the molecule is COCCn1ccc(NC(=O)C(C)(N)c2ccccc2)n1. The number of aromatic nitrogens is 2.